The maximum atomic E-state index is 12.7. The molecule has 2 aliphatic heterocycles. The molecule has 11 nitrogen and oxygen atoms in total. The molecule has 3 unspecified atom stereocenters. The van der Waals surface area contributed by atoms with Crippen molar-refractivity contribution in [1.29, 1.82) is 5.41 Å². The van der Waals surface area contributed by atoms with Gasteiger partial charge in [-0.25, -0.2) is 13.4 Å². The van der Waals surface area contributed by atoms with Crippen molar-refractivity contribution in [3.8, 4) is 0 Å². The van der Waals surface area contributed by atoms with E-state index in [1.165, 1.54) is 13.4 Å². The highest BCUT2D eigenvalue weighted by molar-refractivity contribution is 7.92. The lowest BCUT2D eigenvalue weighted by Crippen LogP contribution is -2.52. The van der Waals surface area contributed by atoms with Gasteiger partial charge in [-0.2, -0.15) is 10.2 Å². The van der Waals surface area contributed by atoms with Crippen LogP contribution >= 0.6 is 0 Å². The van der Waals surface area contributed by atoms with Gasteiger partial charge in [-0.05, 0) is 25.7 Å². The van der Waals surface area contributed by atoms with Crippen molar-refractivity contribution in [2.45, 2.75) is 43.0 Å². The summed E-state index contributed by atoms with van der Waals surface area (Å²) in [5, 5.41) is 17.4. The Morgan fingerprint density at radius 1 is 1.44 bits per heavy atom. The third-order valence-electron chi connectivity index (χ3n) is 5.25. The third-order valence-corrected chi connectivity index (χ3v) is 6.60. The Morgan fingerprint density at radius 2 is 2.07 bits per heavy atom. The van der Waals surface area contributed by atoms with E-state index in [-0.39, 0.29) is 41.3 Å². The predicted molar refractivity (Wildman–Crippen MR) is 99.1 cm³/mol. The molecule has 1 amide bonds. The van der Waals surface area contributed by atoms with Gasteiger partial charge in [0.1, 0.15) is 12.2 Å². The van der Waals surface area contributed by atoms with Crippen molar-refractivity contribution in [1.82, 2.24) is 25.5 Å². The fraction of sp³-hybridized carbons (Fsp3) is 0.667. The molecule has 2 bridgehead atoms. The van der Waals surface area contributed by atoms with E-state index in [9.17, 15) is 13.2 Å². The molecule has 5 N–H and O–H groups in total. The molecule has 27 heavy (non-hydrogen) atoms. The third kappa shape index (κ3) is 3.66. The second-order valence-electron chi connectivity index (χ2n) is 7.03. The minimum absolute atomic E-state index is 0.0395. The molecule has 148 valence electrons. The molecule has 3 rings (SSSR count). The zero-order valence-corrected chi connectivity index (χ0v) is 16.0. The number of nitrogens with zero attached hydrogens (tertiary/aromatic N) is 4. The molecule has 3 heterocycles. The number of nitrogens with two attached hydrogens (primary N) is 1. The van der Waals surface area contributed by atoms with Crippen LogP contribution in [0.2, 0.25) is 0 Å². The number of carbonyl (C=O) groups is 1. The van der Waals surface area contributed by atoms with Crippen LogP contribution in [0.1, 0.15) is 36.3 Å². The van der Waals surface area contributed by atoms with E-state index in [1.807, 2.05) is 0 Å². The highest BCUT2D eigenvalue weighted by Gasteiger charge is 2.47. The Kier molecular flexibility index (Phi) is 5.18. The van der Waals surface area contributed by atoms with Crippen LogP contribution in [0, 0.1) is 11.3 Å². The summed E-state index contributed by atoms with van der Waals surface area (Å²) in [5.74, 6) is -0.426. The molecule has 2 saturated heterocycles. The van der Waals surface area contributed by atoms with Gasteiger partial charge < -0.3 is 21.5 Å². The van der Waals surface area contributed by atoms with Gasteiger partial charge in [0.2, 0.25) is 5.82 Å². The van der Waals surface area contributed by atoms with Crippen LogP contribution in [0.4, 0.5) is 0 Å². The number of sulfone groups is 1. The van der Waals surface area contributed by atoms with Gasteiger partial charge in [0.25, 0.3) is 5.91 Å². The van der Waals surface area contributed by atoms with Crippen LogP contribution < -0.4 is 11.2 Å². The number of fused-ring (bicyclic) bond motifs is 2. The molecule has 1 aromatic heterocycles. The SMILES string of the molecule is CNN=C(N)C(C(=N)C1CC2CCC(C1)N2C(=O)c1ncn[nH]1)S(C)(=O)=O. The largest absolute Gasteiger partial charge is 0.384 e. The number of aromatic nitrogens is 3. The standard InChI is InChI=1S/C15H24N8O3S/c1-18-21-13(17)12(27(2,25)26)11(16)8-5-9-3-4-10(6-8)23(9)15(24)14-19-7-20-22-14/h7-10,12,16,18H,3-6H2,1-2H3,(H2,17,21)(H,19,20,22). The first kappa shape index (κ1) is 19.3. The Balaban J connectivity index is 1.80. The first-order valence-electron chi connectivity index (χ1n) is 8.69. The lowest BCUT2D eigenvalue weighted by Gasteiger charge is -2.39. The number of rotatable bonds is 6. The molecular weight excluding hydrogens is 372 g/mol. The maximum absolute atomic E-state index is 12.7. The summed E-state index contributed by atoms with van der Waals surface area (Å²) in [6.45, 7) is 0. The normalized spacial score (nSPS) is 26.7. The lowest BCUT2D eigenvalue weighted by atomic mass is 9.85. The number of piperidine rings is 1. The quantitative estimate of drug-likeness (QED) is 0.274. The van der Waals surface area contributed by atoms with Crippen molar-refractivity contribution in [2.75, 3.05) is 13.3 Å². The van der Waals surface area contributed by atoms with Gasteiger partial charge in [-0.1, -0.05) is 0 Å². The van der Waals surface area contributed by atoms with E-state index in [4.69, 9.17) is 11.1 Å². The minimum atomic E-state index is -3.64. The number of hydrogen-bond acceptors (Lipinski definition) is 8. The number of amidine groups is 1. The van der Waals surface area contributed by atoms with Crippen molar-refractivity contribution in [2.24, 2.45) is 16.8 Å². The molecule has 0 saturated carbocycles. The Labute approximate surface area is 157 Å². The summed E-state index contributed by atoms with van der Waals surface area (Å²) >= 11 is 0. The zero-order chi connectivity index (χ0) is 19.8. The first-order chi connectivity index (χ1) is 12.7. The second kappa shape index (κ2) is 7.25. The van der Waals surface area contributed by atoms with Crippen LogP contribution in [0.5, 0.6) is 0 Å². The fourth-order valence-corrected chi connectivity index (χ4v) is 5.35. The lowest BCUT2D eigenvalue weighted by molar-refractivity contribution is 0.0552. The smallest absolute Gasteiger partial charge is 0.291 e. The van der Waals surface area contributed by atoms with Crippen LogP contribution in [0.25, 0.3) is 0 Å². The molecule has 2 aliphatic rings. The average molecular weight is 396 g/mol. The molecule has 0 spiro atoms. The van der Waals surface area contributed by atoms with Crippen LogP contribution in [0.3, 0.4) is 0 Å². The molecule has 2 fully saturated rings. The Hall–Kier alpha value is -2.50. The summed E-state index contributed by atoms with van der Waals surface area (Å²) in [5.41, 5.74) is 8.35. The van der Waals surface area contributed by atoms with Gasteiger partial charge in [-0.15, -0.1) is 0 Å². The molecule has 0 aliphatic carbocycles. The zero-order valence-electron chi connectivity index (χ0n) is 15.2. The topological polar surface area (TPSA) is 170 Å². The monoisotopic (exact) mass is 396 g/mol. The number of hydrazone groups is 1. The van der Waals surface area contributed by atoms with Crippen LogP contribution in [0.15, 0.2) is 11.4 Å². The predicted octanol–water partition coefficient (Wildman–Crippen LogP) is -0.888. The number of nitrogens with one attached hydrogen (secondary N) is 3. The number of H-pyrrole nitrogens is 1. The fourth-order valence-electron chi connectivity index (χ4n) is 4.20. The molecule has 0 radical (unpaired) electrons. The molecule has 3 atom stereocenters. The number of hydrogen-bond donors (Lipinski definition) is 4. The highest BCUT2D eigenvalue weighted by atomic mass is 32.2. The van der Waals surface area contributed by atoms with E-state index in [1.54, 1.807) is 4.90 Å². The minimum Gasteiger partial charge on any atom is -0.384 e. The summed E-state index contributed by atoms with van der Waals surface area (Å²) < 4.78 is 24.5. The van der Waals surface area contributed by atoms with Gasteiger partial charge in [0, 0.05) is 37.0 Å². The first-order valence-corrected chi connectivity index (χ1v) is 10.6. The van der Waals surface area contributed by atoms with E-state index in [0.29, 0.717) is 12.8 Å². The second-order valence-corrected chi connectivity index (χ2v) is 9.16. The Morgan fingerprint density at radius 3 is 2.56 bits per heavy atom. The molecular formula is C15H24N8O3S. The van der Waals surface area contributed by atoms with Crippen molar-refractivity contribution >= 4 is 27.3 Å². The highest BCUT2D eigenvalue weighted by Crippen LogP contribution is 2.40. The molecule has 0 aromatic carbocycles. The van der Waals surface area contributed by atoms with Gasteiger partial charge >= 0.3 is 0 Å². The van der Waals surface area contributed by atoms with Crippen LogP contribution in [-0.4, -0.2) is 76.6 Å². The maximum Gasteiger partial charge on any atom is 0.291 e. The van der Waals surface area contributed by atoms with E-state index in [2.05, 4.69) is 25.7 Å². The van der Waals surface area contributed by atoms with Gasteiger partial charge in [0.05, 0.1) is 0 Å². The molecule has 12 heteroatoms. The number of aromatic amines is 1. The van der Waals surface area contributed by atoms with Crippen LogP contribution in [-0.2, 0) is 9.84 Å². The van der Waals surface area contributed by atoms with Gasteiger partial charge in [0.15, 0.2) is 15.1 Å². The number of carbonyl (C=O) groups excluding carboxylic acids is 1. The van der Waals surface area contributed by atoms with E-state index >= 15 is 0 Å². The Bertz CT molecular complexity index is 836. The number of amides is 1. The van der Waals surface area contributed by atoms with Crippen molar-refractivity contribution in [3.05, 3.63) is 12.2 Å². The summed E-state index contributed by atoms with van der Waals surface area (Å²) in [7, 11) is -2.12. The summed E-state index contributed by atoms with van der Waals surface area (Å²) in [6, 6.07) is -0.122. The average Bonchev–Trinajstić information content (AvgIpc) is 3.20. The van der Waals surface area contributed by atoms with Crippen molar-refractivity contribution in [3.63, 3.8) is 0 Å². The summed E-state index contributed by atoms with van der Waals surface area (Å²) in [6.07, 6.45) is 5.03. The van der Waals surface area contributed by atoms with Gasteiger partial charge in [-0.3, -0.25) is 9.89 Å². The van der Waals surface area contributed by atoms with E-state index < -0.39 is 15.1 Å². The van der Waals surface area contributed by atoms with E-state index in [0.717, 1.165) is 19.1 Å². The van der Waals surface area contributed by atoms with Crippen molar-refractivity contribution < 1.29 is 13.2 Å². The summed E-state index contributed by atoms with van der Waals surface area (Å²) in [4.78, 5) is 18.4. The molecule has 1 aromatic rings.